The van der Waals surface area contributed by atoms with Gasteiger partial charge in [0.15, 0.2) is 0 Å². The molecule has 6 heteroatoms. The largest absolute Gasteiger partial charge is 0.497 e. The first-order valence-electron chi connectivity index (χ1n) is 7.52. The van der Waals surface area contributed by atoms with E-state index in [1.54, 1.807) is 38.6 Å². The van der Waals surface area contributed by atoms with Gasteiger partial charge in [-0.05, 0) is 36.4 Å². The molecule has 3 rings (SSSR count). The van der Waals surface area contributed by atoms with Crippen molar-refractivity contribution in [2.24, 2.45) is 0 Å². The van der Waals surface area contributed by atoms with E-state index in [1.807, 2.05) is 24.3 Å². The zero-order valence-electron chi connectivity index (χ0n) is 13.9. The number of anilines is 1. The number of nitriles is 1. The summed E-state index contributed by atoms with van der Waals surface area (Å²) in [6, 6.07) is 14.8. The van der Waals surface area contributed by atoms with Crippen LogP contribution in [-0.4, -0.2) is 24.2 Å². The van der Waals surface area contributed by atoms with Crippen molar-refractivity contribution in [3.05, 3.63) is 54.2 Å². The molecule has 2 aromatic heterocycles. The number of nitrogens with zero attached hydrogens (tertiary/aromatic N) is 3. The molecule has 2 N–H and O–H groups in total. The summed E-state index contributed by atoms with van der Waals surface area (Å²) in [7, 11) is 3.17. The Balaban J connectivity index is 2.26. The van der Waals surface area contributed by atoms with Crippen LogP contribution in [0, 0.1) is 11.3 Å². The third-order valence-electron chi connectivity index (χ3n) is 3.78. The van der Waals surface area contributed by atoms with Crippen LogP contribution >= 0.6 is 0 Å². The Kier molecular flexibility index (Phi) is 4.48. The normalized spacial score (nSPS) is 10.1. The number of benzene rings is 1. The maximum absolute atomic E-state index is 9.46. The van der Waals surface area contributed by atoms with E-state index in [-0.39, 0.29) is 5.82 Å². The van der Waals surface area contributed by atoms with Gasteiger partial charge < -0.3 is 15.2 Å². The van der Waals surface area contributed by atoms with Crippen LogP contribution in [-0.2, 0) is 0 Å². The first kappa shape index (κ1) is 16.3. The van der Waals surface area contributed by atoms with Gasteiger partial charge in [0.1, 0.15) is 28.9 Å². The zero-order chi connectivity index (χ0) is 17.8. The van der Waals surface area contributed by atoms with Gasteiger partial charge >= 0.3 is 0 Å². The van der Waals surface area contributed by atoms with Gasteiger partial charge in [0.05, 0.1) is 25.6 Å². The van der Waals surface area contributed by atoms with Gasteiger partial charge in [-0.2, -0.15) is 5.26 Å². The summed E-state index contributed by atoms with van der Waals surface area (Å²) in [6.45, 7) is 0. The van der Waals surface area contributed by atoms with Gasteiger partial charge in [0.25, 0.3) is 0 Å². The topological polar surface area (TPSA) is 94.0 Å². The van der Waals surface area contributed by atoms with Crippen LogP contribution in [0.2, 0.25) is 0 Å². The summed E-state index contributed by atoms with van der Waals surface area (Å²) in [5, 5.41) is 9.46. The number of hydrogen-bond acceptors (Lipinski definition) is 6. The second kappa shape index (κ2) is 6.89. The van der Waals surface area contributed by atoms with Crippen molar-refractivity contribution >= 4 is 5.82 Å². The van der Waals surface area contributed by atoms with Gasteiger partial charge in [-0.1, -0.05) is 6.07 Å². The van der Waals surface area contributed by atoms with Gasteiger partial charge in [0.2, 0.25) is 0 Å². The molecule has 0 aliphatic heterocycles. The molecule has 124 valence electrons. The number of hydrogen-bond donors (Lipinski definition) is 1. The molecule has 0 aliphatic carbocycles. The van der Waals surface area contributed by atoms with Gasteiger partial charge in [0, 0.05) is 17.3 Å². The number of aromatic nitrogens is 2. The van der Waals surface area contributed by atoms with E-state index in [1.165, 1.54) is 0 Å². The minimum Gasteiger partial charge on any atom is -0.497 e. The lowest BCUT2D eigenvalue weighted by molar-refractivity contribution is 0.404. The first-order valence-corrected chi connectivity index (χ1v) is 7.52. The van der Waals surface area contributed by atoms with E-state index in [0.717, 1.165) is 5.56 Å². The predicted molar refractivity (Wildman–Crippen MR) is 95.1 cm³/mol. The molecule has 3 aromatic rings. The number of nitrogen functional groups attached to an aromatic ring is 1. The zero-order valence-corrected chi connectivity index (χ0v) is 13.9. The lowest BCUT2D eigenvalue weighted by Gasteiger charge is -2.13. The molecule has 0 fully saturated rings. The fourth-order valence-corrected chi connectivity index (χ4v) is 2.56. The fraction of sp³-hybridized carbons (Fsp3) is 0.105. The van der Waals surface area contributed by atoms with E-state index >= 15 is 0 Å². The highest BCUT2D eigenvalue weighted by molar-refractivity contribution is 5.80. The summed E-state index contributed by atoms with van der Waals surface area (Å²) >= 11 is 0. The Labute approximate surface area is 145 Å². The van der Waals surface area contributed by atoms with Crippen LogP contribution in [0.1, 0.15) is 5.56 Å². The molecule has 0 spiro atoms. The average molecular weight is 332 g/mol. The number of rotatable bonds is 4. The maximum Gasteiger partial charge on any atom is 0.142 e. The van der Waals surface area contributed by atoms with Crippen molar-refractivity contribution in [2.45, 2.75) is 0 Å². The highest BCUT2D eigenvalue weighted by Crippen LogP contribution is 2.36. The Hall–Kier alpha value is -3.59. The van der Waals surface area contributed by atoms with Gasteiger partial charge in [-0.15, -0.1) is 0 Å². The Morgan fingerprint density at radius 2 is 1.84 bits per heavy atom. The monoisotopic (exact) mass is 332 g/mol. The van der Waals surface area contributed by atoms with Crippen LogP contribution in [0.5, 0.6) is 11.5 Å². The molecule has 1 aromatic carbocycles. The lowest BCUT2D eigenvalue weighted by Crippen LogP contribution is -2.01. The Morgan fingerprint density at radius 1 is 1.00 bits per heavy atom. The van der Waals surface area contributed by atoms with Crippen molar-refractivity contribution in [1.82, 2.24) is 9.97 Å². The Morgan fingerprint density at radius 3 is 2.48 bits per heavy atom. The molecule has 0 saturated carbocycles. The van der Waals surface area contributed by atoms with Crippen LogP contribution in [0.25, 0.3) is 22.5 Å². The summed E-state index contributed by atoms with van der Waals surface area (Å²) in [5.41, 5.74) is 8.90. The molecule has 0 amide bonds. The third-order valence-corrected chi connectivity index (χ3v) is 3.78. The molecule has 0 unspecified atom stereocenters. The van der Waals surface area contributed by atoms with E-state index < -0.39 is 0 Å². The summed E-state index contributed by atoms with van der Waals surface area (Å²) in [6.07, 6.45) is 1.67. The second-order valence-electron chi connectivity index (χ2n) is 5.21. The lowest BCUT2D eigenvalue weighted by atomic mass is 10.0. The molecule has 0 saturated heterocycles. The molecule has 0 radical (unpaired) electrons. The van der Waals surface area contributed by atoms with Crippen molar-refractivity contribution in [2.75, 3.05) is 20.0 Å². The fourth-order valence-electron chi connectivity index (χ4n) is 2.56. The van der Waals surface area contributed by atoms with Crippen LogP contribution in [0.3, 0.4) is 0 Å². The minimum atomic E-state index is 0.144. The van der Waals surface area contributed by atoms with Gasteiger partial charge in [-0.3, -0.25) is 4.98 Å². The first-order chi connectivity index (χ1) is 12.2. The van der Waals surface area contributed by atoms with E-state index in [0.29, 0.717) is 34.0 Å². The minimum absolute atomic E-state index is 0.144. The quantitative estimate of drug-likeness (QED) is 0.788. The molecule has 6 nitrogen and oxygen atoms in total. The van der Waals surface area contributed by atoms with E-state index in [2.05, 4.69) is 16.0 Å². The van der Waals surface area contributed by atoms with Crippen molar-refractivity contribution < 1.29 is 9.47 Å². The number of pyridine rings is 2. The van der Waals surface area contributed by atoms with Crippen molar-refractivity contribution in [3.8, 4) is 40.1 Å². The molecule has 0 bridgehead atoms. The highest BCUT2D eigenvalue weighted by atomic mass is 16.5. The van der Waals surface area contributed by atoms with Gasteiger partial charge in [-0.25, -0.2) is 4.98 Å². The van der Waals surface area contributed by atoms with Crippen LogP contribution in [0.15, 0.2) is 48.7 Å². The molecular formula is C19H16N4O2. The molecule has 2 heterocycles. The summed E-state index contributed by atoms with van der Waals surface area (Å²) < 4.78 is 10.7. The molecule has 0 aliphatic rings. The Bertz CT molecular complexity index is 950. The molecular weight excluding hydrogens is 316 g/mol. The van der Waals surface area contributed by atoms with Crippen molar-refractivity contribution in [3.63, 3.8) is 0 Å². The summed E-state index contributed by atoms with van der Waals surface area (Å²) in [4.78, 5) is 8.70. The average Bonchev–Trinajstić information content (AvgIpc) is 2.67. The smallest absolute Gasteiger partial charge is 0.142 e. The summed E-state index contributed by atoms with van der Waals surface area (Å²) in [5.74, 6) is 1.44. The number of nitrogens with two attached hydrogens (primary N) is 1. The second-order valence-corrected chi connectivity index (χ2v) is 5.21. The third kappa shape index (κ3) is 3.08. The van der Waals surface area contributed by atoms with Crippen LogP contribution in [0.4, 0.5) is 5.82 Å². The standard InChI is InChI=1S/C19H16N4O2/c1-24-12-6-7-18(25-2)14(9-12)17-10-13(15(11-20)19(21)23-17)16-5-3-4-8-22-16/h3-10H,1-2H3,(H2,21,23). The highest BCUT2D eigenvalue weighted by Gasteiger charge is 2.16. The SMILES string of the molecule is COc1ccc(OC)c(-c2cc(-c3ccccn3)c(C#N)c(N)n2)c1. The maximum atomic E-state index is 9.46. The van der Waals surface area contributed by atoms with E-state index in [9.17, 15) is 5.26 Å². The number of methoxy groups -OCH3 is 2. The van der Waals surface area contributed by atoms with Crippen molar-refractivity contribution in [1.29, 1.82) is 5.26 Å². The molecule has 0 atom stereocenters. The number of ether oxygens (including phenoxy) is 2. The molecule has 25 heavy (non-hydrogen) atoms. The van der Waals surface area contributed by atoms with E-state index in [4.69, 9.17) is 15.2 Å². The predicted octanol–water partition coefficient (Wildman–Crippen LogP) is 3.28. The van der Waals surface area contributed by atoms with Crippen LogP contribution < -0.4 is 15.2 Å².